The molecule has 0 aliphatic carbocycles. The van der Waals surface area contributed by atoms with E-state index in [-0.39, 0.29) is 5.04 Å². The molecule has 1 aromatic carbocycles. The average Bonchev–Trinajstić information content (AvgIpc) is 2.25. The zero-order valence-corrected chi connectivity index (χ0v) is 12.3. The molecule has 0 heterocycles. The van der Waals surface area contributed by atoms with E-state index in [4.69, 9.17) is 9.96 Å². The van der Waals surface area contributed by atoms with Gasteiger partial charge in [0.15, 0.2) is 8.32 Å². The maximum atomic E-state index is 8.59. The Labute approximate surface area is 105 Å². The lowest BCUT2D eigenvalue weighted by atomic mass is 10.2. The molecule has 0 unspecified atom stereocenters. The Kier molecular flexibility index (Phi) is 4.22. The summed E-state index contributed by atoms with van der Waals surface area (Å²) in [6.45, 7) is 11.8. The van der Waals surface area contributed by atoms with Gasteiger partial charge in [-0.3, -0.25) is 0 Å². The van der Waals surface area contributed by atoms with E-state index < -0.39 is 8.32 Å². The van der Waals surface area contributed by atoms with E-state index in [0.29, 0.717) is 12.3 Å². The zero-order chi connectivity index (χ0) is 13.1. The van der Waals surface area contributed by atoms with Crippen molar-refractivity contribution in [2.45, 2.75) is 45.5 Å². The molecule has 1 aromatic rings. The van der Waals surface area contributed by atoms with Crippen molar-refractivity contribution in [2.24, 2.45) is 5.11 Å². The van der Waals surface area contributed by atoms with E-state index >= 15 is 0 Å². The standard InChI is InChI=1S/C13H21N2OSi/c1-13(2,3)17(4,5)16-10-11-6-8-12(15-14)9-7-11/h6-9H,10H2,1-5H3/q-1. The van der Waals surface area contributed by atoms with Crippen LogP contribution in [0.1, 0.15) is 26.3 Å². The first-order valence-electron chi connectivity index (χ1n) is 5.84. The van der Waals surface area contributed by atoms with Crippen molar-refractivity contribution < 1.29 is 4.43 Å². The van der Waals surface area contributed by atoms with Gasteiger partial charge in [-0.15, -0.1) is 0 Å². The Morgan fingerprint density at radius 3 is 2.12 bits per heavy atom. The number of rotatable bonds is 4. The lowest BCUT2D eigenvalue weighted by Gasteiger charge is -2.36. The summed E-state index contributed by atoms with van der Waals surface area (Å²) in [5, 5.41) is 3.36. The Morgan fingerprint density at radius 1 is 1.18 bits per heavy atom. The number of nitrogens with zero attached hydrogens (tertiary/aromatic N) is 2. The van der Waals surface area contributed by atoms with Crippen molar-refractivity contribution in [2.75, 3.05) is 0 Å². The molecular formula is C13H21N2OSi-. The summed E-state index contributed by atoms with van der Waals surface area (Å²) in [5.74, 6) is 0. The Hall–Kier alpha value is -1.00. The highest BCUT2D eigenvalue weighted by molar-refractivity contribution is 6.74. The van der Waals surface area contributed by atoms with Crippen LogP contribution < -0.4 is 0 Å². The largest absolute Gasteiger partial charge is 0.706 e. The summed E-state index contributed by atoms with van der Waals surface area (Å²) >= 11 is 0. The van der Waals surface area contributed by atoms with Gasteiger partial charge >= 0.3 is 0 Å². The third-order valence-electron chi connectivity index (χ3n) is 3.46. The highest BCUT2D eigenvalue weighted by Crippen LogP contribution is 2.37. The molecule has 0 aliphatic heterocycles. The Morgan fingerprint density at radius 2 is 1.71 bits per heavy atom. The van der Waals surface area contributed by atoms with Gasteiger partial charge in [-0.2, -0.15) is 0 Å². The lowest BCUT2D eigenvalue weighted by molar-refractivity contribution is 0.276. The second kappa shape index (κ2) is 5.10. The van der Waals surface area contributed by atoms with Crippen LogP contribution >= 0.6 is 0 Å². The van der Waals surface area contributed by atoms with Crippen molar-refractivity contribution in [1.82, 2.24) is 0 Å². The predicted octanol–water partition coefficient (Wildman–Crippen LogP) is 4.86. The summed E-state index contributed by atoms with van der Waals surface area (Å²) in [6.07, 6.45) is 0. The fraction of sp³-hybridized carbons (Fsp3) is 0.538. The summed E-state index contributed by atoms with van der Waals surface area (Å²) < 4.78 is 6.10. The molecule has 4 heteroatoms. The van der Waals surface area contributed by atoms with Gasteiger partial charge in [0, 0.05) is 5.69 Å². The second-order valence-corrected chi connectivity index (χ2v) is 10.6. The van der Waals surface area contributed by atoms with Gasteiger partial charge in [0.25, 0.3) is 0 Å². The van der Waals surface area contributed by atoms with Gasteiger partial charge < -0.3 is 15.1 Å². The molecule has 0 aliphatic rings. The molecule has 0 saturated heterocycles. The first kappa shape index (κ1) is 14.1. The third kappa shape index (κ3) is 3.75. The predicted molar refractivity (Wildman–Crippen MR) is 73.9 cm³/mol. The lowest BCUT2D eigenvalue weighted by Crippen LogP contribution is -2.40. The Bertz CT molecular complexity index is 379. The minimum Gasteiger partial charge on any atom is -0.706 e. The van der Waals surface area contributed by atoms with E-state index in [1.54, 1.807) is 12.1 Å². The van der Waals surface area contributed by atoms with Gasteiger partial charge in [0.05, 0.1) is 6.61 Å². The number of benzene rings is 1. The van der Waals surface area contributed by atoms with Crippen LogP contribution in [0, 0.1) is 0 Å². The summed E-state index contributed by atoms with van der Waals surface area (Å²) in [6, 6.07) is 7.43. The van der Waals surface area contributed by atoms with Crippen molar-refractivity contribution in [1.29, 1.82) is 0 Å². The molecule has 0 aromatic heterocycles. The van der Waals surface area contributed by atoms with Crippen LogP contribution in [0.3, 0.4) is 0 Å². The zero-order valence-electron chi connectivity index (χ0n) is 11.3. The van der Waals surface area contributed by atoms with Crippen LogP contribution in [0.2, 0.25) is 18.1 Å². The summed E-state index contributed by atoms with van der Waals surface area (Å²) in [4.78, 5) is 0. The molecule has 0 saturated carbocycles. The van der Waals surface area contributed by atoms with E-state index in [2.05, 4.69) is 39.0 Å². The monoisotopic (exact) mass is 249 g/mol. The second-order valence-electron chi connectivity index (χ2n) is 5.82. The van der Waals surface area contributed by atoms with Crippen LogP contribution in [0.25, 0.3) is 5.53 Å². The maximum absolute atomic E-state index is 8.59. The van der Waals surface area contributed by atoms with E-state index in [0.717, 1.165) is 5.56 Å². The van der Waals surface area contributed by atoms with E-state index in [1.165, 1.54) is 0 Å². The molecule has 0 atom stereocenters. The third-order valence-corrected chi connectivity index (χ3v) is 7.94. The van der Waals surface area contributed by atoms with Crippen LogP contribution in [-0.2, 0) is 11.0 Å². The molecule has 1 rings (SSSR count). The summed E-state index contributed by atoms with van der Waals surface area (Å²) in [7, 11) is -1.68. The smallest absolute Gasteiger partial charge is 0.192 e. The van der Waals surface area contributed by atoms with Gasteiger partial charge in [0.1, 0.15) is 0 Å². The van der Waals surface area contributed by atoms with Gasteiger partial charge in [0.2, 0.25) is 0 Å². The minimum absolute atomic E-state index is 0.230. The van der Waals surface area contributed by atoms with E-state index in [1.807, 2.05) is 12.1 Å². The maximum Gasteiger partial charge on any atom is 0.192 e. The van der Waals surface area contributed by atoms with Crippen LogP contribution in [-0.4, -0.2) is 8.32 Å². The van der Waals surface area contributed by atoms with Crippen LogP contribution in [0.5, 0.6) is 0 Å². The quantitative estimate of drug-likeness (QED) is 0.555. The van der Waals surface area contributed by atoms with Crippen LogP contribution in [0.15, 0.2) is 29.4 Å². The molecule has 0 amide bonds. The first-order chi connectivity index (χ1) is 7.76. The fourth-order valence-corrected chi connectivity index (χ4v) is 2.10. The molecule has 17 heavy (non-hydrogen) atoms. The molecule has 94 valence electrons. The van der Waals surface area contributed by atoms with E-state index in [9.17, 15) is 0 Å². The number of hydrogen-bond donors (Lipinski definition) is 0. The highest BCUT2D eigenvalue weighted by Gasteiger charge is 2.36. The molecule has 0 bridgehead atoms. The molecule has 0 spiro atoms. The fourth-order valence-electron chi connectivity index (χ4n) is 1.14. The molecular weight excluding hydrogens is 228 g/mol. The molecule has 0 fully saturated rings. The average molecular weight is 249 g/mol. The first-order valence-corrected chi connectivity index (χ1v) is 8.75. The molecule has 0 radical (unpaired) electrons. The van der Waals surface area contributed by atoms with Crippen LogP contribution in [0.4, 0.5) is 5.69 Å². The van der Waals surface area contributed by atoms with Gasteiger partial charge in [-0.25, -0.2) is 0 Å². The highest BCUT2D eigenvalue weighted by atomic mass is 28.4. The van der Waals surface area contributed by atoms with Crippen molar-refractivity contribution >= 4 is 14.0 Å². The van der Waals surface area contributed by atoms with Crippen molar-refractivity contribution in [3.05, 3.63) is 35.4 Å². The van der Waals surface area contributed by atoms with Gasteiger partial charge in [-0.05, 0) is 35.8 Å². The number of hydrogen-bond acceptors (Lipinski definition) is 2. The molecule has 0 N–H and O–H groups in total. The summed E-state index contributed by atoms with van der Waals surface area (Å²) in [5.41, 5.74) is 10.3. The normalized spacial score (nSPS) is 12.5. The molecule has 3 nitrogen and oxygen atoms in total. The topological polar surface area (TPSA) is 43.9 Å². The van der Waals surface area contributed by atoms with Gasteiger partial charge in [-0.1, -0.05) is 32.9 Å². The van der Waals surface area contributed by atoms with Crippen molar-refractivity contribution in [3.63, 3.8) is 0 Å². The Balaban J connectivity index is 2.64. The minimum atomic E-state index is -1.68. The van der Waals surface area contributed by atoms with Crippen molar-refractivity contribution in [3.8, 4) is 0 Å². The SMILES string of the molecule is CC(C)(C)[Si](C)(C)OCc1ccc(N=[N-])cc1.